The first-order chi connectivity index (χ1) is 9.61. The number of carbonyl (C=O) groups is 1. The van der Waals surface area contributed by atoms with Crippen molar-refractivity contribution in [3.63, 3.8) is 0 Å². The molecule has 0 aliphatic carbocycles. The minimum absolute atomic E-state index is 0.0525. The number of nitrogens with zero attached hydrogens (tertiary/aromatic N) is 2. The van der Waals surface area contributed by atoms with E-state index in [-0.39, 0.29) is 21.4 Å². The quantitative estimate of drug-likeness (QED) is 0.857. The Morgan fingerprint density at radius 3 is 2.43 bits per heavy atom. The van der Waals surface area contributed by atoms with Crippen molar-refractivity contribution in [1.82, 2.24) is 9.78 Å². The Bertz CT molecular complexity index is 725. The lowest BCUT2D eigenvalue weighted by Crippen LogP contribution is -2.06. The Hall–Kier alpha value is -2.03. The van der Waals surface area contributed by atoms with E-state index >= 15 is 0 Å². The lowest BCUT2D eigenvalue weighted by Gasteiger charge is -2.13. The molecule has 0 unspecified atom stereocenters. The fraction of sp³-hybridized carbons (Fsp3) is 0.167. The van der Waals surface area contributed by atoms with E-state index in [1.54, 1.807) is 0 Å². The minimum atomic E-state index is -4.74. The summed E-state index contributed by atoms with van der Waals surface area (Å²) in [5.41, 5.74) is -1.67. The number of aromatic nitrogens is 2. The monoisotopic (exact) mass is 364 g/mol. The molecule has 0 atom stereocenters. The highest BCUT2D eigenvalue weighted by Crippen LogP contribution is 2.43. The Morgan fingerprint density at radius 2 is 1.95 bits per heavy atom. The molecule has 21 heavy (non-hydrogen) atoms. The van der Waals surface area contributed by atoms with Gasteiger partial charge in [0, 0.05) is 17.1 Å². The Morgan fingerprint density at radius 1 is 1.33 bits per heavy atom. The summed E-state index contributed by atoms with van der Waals surface area (Å²) in [6, 6.07) is 3.09. The Labute approximate surface area is 124 Å². The molecule has 2 N–H and O–H groups in total. The topological polar surface area (TPSA) is 75.4 Å². The molecule has 5 nitrogen and oxygen atoms in total. The number of halogens is 4. The molecule has 2 rings (SSSR count). The van der Waals surface area contributed by atoms with Gasteiger partial charge >= 0.3 is 12.1 Å². The van der Waals surface area contributed by atoms with Gasteiger partial charge in [-0.15, -0.1) is 0 Å². The standard InChI is InChI=1S/C12H8BrF3N2O3/c1-18-9(4-8(17-18)11(20)21)6-2-5(13)3-7(10(6)19)12(14,15)16/h2-4,19H,1H3,(H,20,21). The molecule has 0 fully saturated rings. The Balaban J connectivity index is 2.70. The zero-order valence-electron chi connectivity index (χ0n) is 10.4. The van der Waals surface area contributed by atoms with Gasteiger partial charge in [0.05, 0.1) is 11.3 Å². The van der Waals surface area contributed by atoms with Crippen LogP contribution >= 0.6 is 15.9 Å². The van der Waals surface area contributed by atoms with Crippen LogP contribution in [0.3, 0.4) is 0 Å². The largest absolute Gasteiger partial charge is 0.507 e. The van der Waals surface area contributed by atoms with E-state index in [9.17, 15) is 23.1 Å². The van der Waals surface area contributed by atoms with Crippen LogP contribution in [0.1, 0.15) is 16.1 Å². The molecule has 112 valence electrons. The van der Waals surface area contributed by atoms with E-state index in [0.717, 1.165) is 16.8 Å². The number of rotatable bonds is 2. The van der Waals surface area contributed by atoms with Gasteiger partial charge in [0.2, 0.25) is 0 Å². The highest BCUT2D eigenvalue weighted by molar-refractivity contribution is 9.10. The van der Waals surface area contributed by atoms with Crippen LogP contribution in [0, 0.1) is 0 Å². The van der Waals surface area contributed by atoms with Crippen LogP contribution in [0.2, 0.25) is 0 Å². The second-order valence-electron chi connectivity index (χ2n) is 4.19. The number of aromatic hydroxyl groups is 1. The van der Waals surface area contributed by atoms with Crippen LogP contribution in [-0.2, 0) is 13.2 Å². The number of aryl methyl sites for hydroxylation is 1. The molecule has 0 saturated heterocycles. The highest BCUT2D eigenvalue weighted by Gasteiger charge is 2.36. The third kappa shape index (κ3) is 2.87. The molecule has 1 heterocycles. The van der Waals surface area contributed by atoms with Crippen molar-refractivity contribution >= 4 is 21.9 Å². The van der Waals surface area contributed by atoms with Crippen molar-refractivity contribution in [3.8, 4) is 17.0 Å². The summed E-state index contributed by atoms with van der Waals surface area (Å²) < 4.78 is 39.8. The maximum atomic E-state index is 12.9. The minimum Gasteiger partial charge on any atom is -0.507 e. The van der Waals surface area contributed by atoms with E-state index < -0.39 is 23.5 Å². The fourth-order valence-electron chi connectivity index (χ4n) is 1.83. The molecule has 0 spiro atoms. The molecule has 0 saturated carbocycles. The third-order valence-electron chi connectivity index (χ3n) is 2.75. The van der Waals surface area contributed by atoms with Crippen LogP contribution in [0.5, 0.6) is 5.75 Å². The van der Waals surface area contributed by atoms with Crippen LogP contribution in [0.25, 0.3) is 11.3 Å². The number of alkyl halides is 3. The number of benzene rings is 1. The van der Waals surface area contributed by atoms with E-state index in [4.69, 9.17) is 5.11 Å². The van der Waals surface area contributed by atoms with Crippen LogP contribution in [0.15, 0.2) is 22.7 Å². The maximum absolute atomic E-state index is 12.9. The van der Waals surface area contributed by atoms with E-state index in [1.807, 2.05) is 0 Å². The van der Waals surface area contributed by atoms with Crippen LogP contribution in [-0.4, -0.2) is 26.0 Å². The van der Waals surface area contributed by atoms with Crippen molar-refractivity contribution in [2.45, 2.75) is 6.18 Å². The number of phenols is 1. The van der Waals surface area contributed by atoms with Gasteiger partial charge in [-0.3, -0.25) is 4.68 Å². The summed E-state index contributed by atoms with van der Waals surface area (Å²) in [6.07, 6.45) is -4.74. The van der Waals surface area contributed by atoms with Gasteiger partial charge in [0.1, 0.15) is 5.75 Å². The smallest absolute Gasteiger partial charge is 0.420 e. The SMILES string of the molecule is Cn1nc(C(=O)O)cc1-c1cc(Br)cc(C(F)(F)F)c1O. The summed E-state index contributed by atoms with van der Waals surface area (Å²) in [5.74, 6) is -2.30. The molecule has 1 aromatic carbocycles. The van der Waals surface area contributed by atoms with Gasteiger partial charge in [0.25, 0.3) is 0 Å². The molecule has 1 aromatic heterocycles. The van der Waals surface area contributed by atoms with E-state index in [1.165, 1.54) is 13.1 Å². The predicted octanol–water partition coefficient (Wildman–Crippen LogP) is 3.27. The van der Waals surface area contributed by atoms with Crippen molar-refractivity contribution in [2.75, 3.05) is 0 Å². The highest BCUT2D eigenvalue weighted by atomic mass is 79.9. The number of carboxylic acids is 1. The summed E-state index contributed by atoms with van der Waals surface area (Å²) in [6.45, 7) is 0. The molecule has 0 bridgehead atoms. The van der Waals surface area contributed by atoms with Gasteiger partial charge in [-0.05, 0) is 18.2 Å². The molecule has 0 radical (unpaired) electrons. The Kier molecular flexibility index (Phi) is 3.70. The molecular weight excluding hydrogens is 357 g/mol. The first-order valence-electron chi connectivity index (χ1n) is 5.48. The number of aromatic carboxylic acids is 1. The third-order valence-corrected chi connectivity index (χ3v) is 3.21. The van der Waals surface area contributed by atoms with Gasteiger partial charge in [-0.1, -0.05) is 15.9 Å². The van der Waals surface area contributed by atoms with Gasteiger partial charge in [-0.2, -0.15) is 18.3 Å². The average Bonchev–Trinajstić information content (AvgIpc) is 2.72. The number of phenolic OH excluding ortho intramolecular Hbond substituents is 1. The van der Waals surface area contributed by atoms with Crippen molar-refractivity contribution in [3.05, 3.63) is 33.9 Å². The van der Waals surface area contributed by atoms with Gasteiger partial charge in [-0.25, -0.2) is 4.79 Å². The van der Waals surface area contributed by atoms with E-state index in [0.29, 0.717) is 0 Å². The average molecular weight is 365 g/mol. The lowest BCUT2D eigenvalue weighted by molar-refractivity contribution is -0.138. The number of carboxylic acid groups (broad SMARTS) is 1. The maximum Gasteiger partial charge on any atom is 0.420 e. The first kappa shape index (κ1) is 15.4. The first-order valence-corrected chi connectivity index (χ1v) is 6.28. The summed E-state index contributed by atoms with van der Waals surface area (Å²) in [7, 11) is 1.37. The second kappa shape index (κ2) is 5.06. The molecule has 9 heteroatoms. The van der Waals surface area contributed by atoms with Crippen LogP contribution < -0.4 is 0 Å². The van der Waals surface area contributed by atoms with Crippen LogP contribution in [0.4, 0.5) is 13.2 Å². The lowest BCUT2D eigenvalue weighted by atomic mass is 10.1. The zero-order chi connectivity index (χ0) is 15.9. The number of hydrogen-bond acceptors (Lipinski definition) is 3. The van der Waals surface area contributed by atoms with Crippen molar-refractivity contribution in [2.24, 2.45) is 7.05 Å². The van der Waals surface area contributed by atoms with Gasteiger partial charge < -0.3 is 10.2 Å². The van der Waals surface area contributed by atoms with E-state index in [2.05, 4.69) is 21.0 Å². The molecular formula is C12H8BrF3N2O3. The van der Waals surface area contributed by atoms with Crippen molar-refractivity contribution < 1.29 is 28.2 Å². The summed E-state index contributed by atoms with van der Waals surface area (Å²) in [5, 5.41) is 22.4. The second-order valence-corrected chi connectivity index (χ2v) is 5.11. The molecule has 0 amide bonds. The normalized spacial score (nSPS) is 11.7. The summed E-state index contributed by atoms with van der Waals surface area (Å²) >= 11 is 2.94. The number of hydrogen-bond donors (Lipinski definition) is 2. The predicted molar refractivity (Wildman–Crippen MR) is 70.0 cm³/mol. The molecule has 2 aromatic rings. The van der Waals surface area contributed by atoms with Crippen molar-refractivity contribution in [1.29, 1.82) is 0 Å². The van der Waals surface area contributed by atoms with Gasteiger partial charge in [0.15, 0.2) is 5.69 Å². The molecule has 0 aliphatic heterocycles. The fourth-order valence-corrected chi connectivity index (χ4v) is 2.29. The molecule has 0 aliphatic rings. The summed E-state index contributed by atoms with van der Waals surface area (Å²) in [4.78, 5) is 10.8. The zero-order valence-corrected chi connectivity index (χ0v) is 12.0.